The van der Waals surface area contributed by atoms with Crippen LogP contribution in [0.1, 0.15) is 17.9 Å². The molecule has 0 amide bonds. The number of halogens is 3. The number of alkyl halides is 3. The van der Waals surface area contributed by atoms with E-state index in [0.29, 0.717) is 16.9 Å². The molecule has 0 fully saturated rings. The van der Waals surface area contributed by atoms with Crippen LogP contribution in [0.5, 0.6) is 0 Å². The Balaban J connectivity index is 1.74. The monoisotopic (exact) mass is 340 g/mol. The van der Waals surface area contributed by atoms with Gasteiger partial charge in [0.2, 0.25) is 5.60 Å². The van der Waals surface area contributed by atoms with Crippen molar-refractivity contribution in [1.29, 1.82) is 0 Å². The van der Waals surface area contributed by atoms with E-state index in [9.17, 15) is 18.3 Å². The summed E-state index contributed by atoms with van der Waals surface area (Å²) < 4.78 is 50.3. The maximum atomic E-state index is 13.3. The highest BCUT2D eigenvalue weighted by Crippen LogP contribution is 2.42. The molecule has 0 aliphatic heterocycles. The van der Waals surface area contributed by atoms with Crippen molar-refractivity contribution in [2.75, 3.05) is 11.9 Å². The summed E-state index contributed by atoms with van der Waals surface area (Å²) in [6, 6.07) is 9.56. The van der Waals surface area contributed by atoms with Gasteiger partial charge in [-0.2, -0.15) is 18.2 Å². The third-order valence-electron chi connectivity index (χ3n) is 3.67. The van der Waals surface area contributed by atoms with Gasteiger partial charge in [0.05, 0.1) is 0 Å². The molecule has 0 aliphatic carbocycles. The van der Waals surface area contributed by atoms with Crippen molar-refractivity contribution in [3.8, 4) is 0 Å². The second-order valence-electron chi connectivity index (χ2n) is 5.43. The van der Waals surface area contributed by atoms with Crippen LogP contribution in [-0.4, -0.2) is 22.8 Å². The summed E-state index contributed by atoms with van der Waals surface area (Å²) in [4.78, 5) is 4.11. The standard InChI is InChI=1S/C16H15F3N2O3/c1-10-6-7-13(23-10)15(22,16(17,18)19)8-9-20-14-21-11-4-2-3-5-12(11)24-14/h2-7,22H,8-9H2,1H3,(H,20,21)/t15-/m0/s1. The molecule has 5 nitrogen and oxygen atoms in total. The van der Waals surface area contributed by atoms with Crippen LogP contribution >= 0.6 is 0 Å². The SMILES string of the molecule is Cc1ccc([C@@](O)(CCNc2nc3ccccc3o2)C(F)(F)F)o1. The Kier molecular flexibility index (Phi) is 4.00. The topological polar surface area (TPSA) is 71.4 Å². The van der Waals surface area contributed by atoms with Gasteiger partial charge in [0.25, 0.3) is 6.01 Å². The lowest BCUT2D eigenvalue weighted by molar-refractivity contribution is -0.274. The van der Waals surface area contributed by atoms with E-state index in [2.05, 4.69) is 10.3 Å². The average molecular weight is 340 g/mol. The van der Waals surface area contributed by atoms with E-state index in [4.69, 9.17) is 8.83 Å². The first kappa shape index (κ1) is 16.4. The van der Waals surface area contributed by atoms with Crippen molar-refractivity contribution in [3.05, 3.63) is 47.9 Å². The van der Waals surface area contributed by atoms with E-state index in [1.165, 1.54) is 13.0 Å². The molecule has 0 aliphatic rings. The number of aryl methyl sites for hydroxylation is 1. The molecule has 3 aromatic rings. The number of nitrogens with zero attached hydrogens (tertiary/aromatic N) is 1. The van der Waals surface area contributed by atoms with Crippen molar-refractivity contribution in [3.63, 3.8) is 0 Å². The summed E-state index contributed by atoms with van der Waals surface area (Å²) in [5.74, 6) is -0.244. The van der Waals surface area contributed by atoms with E-state index < -0.39 is 24.0 Å². The lowest BCUT2D eigenvalue weighted by atomic mass is 9.96. The second-order valence-corrected chi connectivity index (χ2v) is 5.43. The van der Waals surface area contributed by atoms with Crippen molar-refractivity contribution in [2.24, 2.45) is 0 Å². The molecule has 0 spiro atoms. The van der Waals surface area contributed by atoms with Gasteiger partial charge < -0.3 is 19.3 Å². The summed E-state index contributed by atoms with van der Waals surface area (Å²) in [5, 5.41) is 12.8. The molecule has 0 unspecified atom stereocenters. The van der Waals surface area contributed by atoms with Gasteiger partial charge in [-0.25, -0.2) is 0 Å². The fourth-order valence-electron chi connectivity index (χ4n) is 2.36. The normalized spacial score (nSPS) is 14.7. The number of aliphatic hydroxyl groups is 1. The smallest absolute Gasteiger partial charge is 0.424 e. The number of hydrogen-bond acceptors (Lipinski definition) is 5. The Morgan fingerprint density at radius 1 is 1.12 bits per heavy atom. The molecule has 0 saturated heterocycles. The molecule has 3 rings (SSSR count). The molecule has 2 aromatic heterocycles. The average Bonchev–Trinajstić information content (AvgIpc) is 3.11. The summed E-state index contributed by atoms with van der Waals surface area (Å²) in [6.07, 6.45) is -5.53. The molecule has 128 valence electrons. The van der Waals surface area contributed by atoms with Gasteiger partial charge in [-0.05, 0) is 31.2 Å². The minimum Gasteiger partial charge on any atom is -0.463 e. The number of furan rings is 1. The van der Waals surface area contributed by atoms with Crippen LogP contribution in [0.4, 0.5) is 19.2 Å². The fourth-order valence-corrected chi connectivity index (χ4v) is 2.36. The van der Waals surface area contributed by atoms with E-state index >= 15 is 0 Å². The van der Waals surface area contributed by atoms with Gasteiger partial charge in [-0.1, -0.05) is 12.1 Å². The molecule has 0 saturated carbocycles. The number of para-hydroxylation sites is 2. The van der Waals surface area contributed by atoms with Gasteiger partial charge in [0.15, 0.2) is 5.58 Å². The molecule has 8 heteroatoms. The van der Waals surface area contributed by atoms with Crippen molar-refractivity contribution >= 4 is 17.1 Å². The van der Waals surface area contributed by atoms with Crippen LogP contribution in [-0.2, 0) is 5.60 Å². The number of fused-ring (bicyclic) bond motifs is 1. The van der Waals surface area contributed by atoms with Crippen LogP contribution in [0, 0.1) is 6.92 Å². The highest BCUT2D eigenvalue weighted by atomic mass is 19.4. The van der Waals surface area contributed by atoms with E-state index in [1.54, 1.807) is 24.3 Å². The first-order chi connectivity index (χ1) is 11.3. The predicted octanol–water partition coefficient (Wildman–Crippen LogP) is 3.98. The molecular weight excluding hydrogens is 325 g/mol. The Morgan fingerprint density at radius 2 is 1.88 bits per heavy atom. The summed E-state index contributed by atoms with van der Waals surface area (Å²) >= 11 is 0. The third kappa shape index (κ3) is 2.96. The van der Waals surface area contributed by atoms with E-state index in [1.807, 2.05) is 0 Å². The fraction of sp³-hybridized carbons (Fsp3) is 0.312. The van der Waals surface area contributed by atoms with Gasteiger partial charge in [0, 0.05) is 13.0 Å². The summed E-state index contributed by atoms with van der Waals surface area (Å²) in [7, 11) is 0. The number of anilines is 1. The summed E-state index contributed by atoms with van der Waals surface area (Å²) in [6.45, 7) is 1.31. The molecule has 0 bridgehead atoms. The van der Waals surface area contributed by atoms with Crippen LogP contribution in [0.3, 0.4) is 0 Å². The maximum absolute atomic E-state index is 13.3. The van der Waals surface area contributed by atoms with Gasteiger partial charge in [-0.15, -0.1) is 0 Å². The highest BCUT2D eigenvalue weighted by Gasteiger charge is 2.56. The largest absolute Gasteiger partial charge is 0.463 e. The van der Waals surface area contributed by atoms with Crippen molar-refractivity contribution in [1.82, 2.24) is 4.98 Å². The van der Waals surface area contributed by atoms with Crippen LogP contribution in [0.2, 0.25) is 0 Å². The van der Waals surface area contributed by atoms with Crippen LogP contribution < -0.4 is 5.32 Å². The lowest BCUT2D eigenvalue weighted by Gasteiger charge is -2.28. The first-order valence-electron chi connectivity index (χ1n) is 7.25. The zero-order valence-electron chi connectivity index (χ0n) is 12.7. The maximum Gasteiger partial charge on any atom is 0.424 e. The van der Waals surface area contributed by atoms with Crippen LogP contribution in [0.15, 0.2) is 45.2 Å². The molecule has 0 radical (unpaired) electrons. The predicted molar refractivity (Wildman–Crippen MR) is 80.5 cm³/mol. The number of hydrogen-bond donors (Lipinski definition) is 2. The van der Waals surface area contributed by atoms with E-state index in [0.717, 1.165) is 6.07 Å². The first-order valence-corrected chi connectivity index (χ1v) is 7.25. The third-order valence-corrected chi connectivity index (χ3v) is 3.67. The number of benzene rings is 1. The second kappa shape index (κ2) is 5.86. The van der Waals surface area contributed by atoms with Gasteiger partial charge >= 0.3 is 6.18 Å². The zero-order valence-corrected chi connectivity index (χ0v) is 12.7. The zero-order chi connectivity index (χ0) is 17.4. The Bertz CT molecular complexity index is 807. The van der Waals surface area contributed by atoms with Gasteiger partial charge in [-0.3, -0.25) is 0 Å². The minimum absolute atomic E-state index is 0.0938. The minimum atomic E-state index is -4.87. The molecule has 2 N–H and O–H groups in total. The number of nitrogens with one attached hydrogen (secondary N) is 1. The number of rotatable bonds is 5. The number of aromatic nitrogens is 1. The van der Waals surface area contributed by atoms with E-state index in [-0.39, 0.29) is 12.6 Å². The van der Waals surface area contributed by atoms with Crippen molar-refractivity contribution in [2.45, 2.75) is 25.1 Å². The molecular formula is C16H15F3N2O3. The highest BCUT2D eigenvalue weighted by molar-refractivity contribution is 5.74. The quantitative estimate of drug-likeness (QED) is 0.735. The molecule has 24 heavy (non-hydrogen) atoms. The lowest BCUT2D eigenvalue weighted by Crippen LogP contribution is -2.43. The Morgan fingerprint density at radius 3 is 2.50 bits per heavy atom. The molecule has 1 atom stereocenters. The Labute approximate surface area is 135 Å². The molecule has 1 aromatic carbocycles. The Hall–Kier alpha value is -2.48. The van der Waals surface area contributed by atoms with Crippen molar-refractivity contribution < 1.29 is 27.1 Å². The molecule has 2 heterocycles. The number of oxazole rings is 1. The summed E-state index contributed by atoms with van der Waals surface area (Å²) in [5.41, 5.74) is -1.97. The van der Waals surface area contributed by atoms with Gasteiger partial charge in [0.1, 0.15) is 17.0 Å². The van der Waals surface area contributed by atoms with Crippen LogP contribution in [0.25, 0.3) is 11.1 Å².